The summed E-state index contributed by atoms with van der Waals surface area (Å²) in [5.41, 5.74) is 5.64. The van der Waals surface area contributed by atoms with Crippen molar-refractivity contribution in [1.29, 1.82) is 5.26 Å². The lowest BCUT2D eigenvalue weighted by molar-refractivity contribution is 0.507. The smallest absolute Gasteiger partial charge is 0.292 e. The zero-order chi connectivity index (χ0) is 13.0. The number of benzene rings is 1. The number of ether oxygens (including phenoxy) is 1. The molecule has 0 unspecified atom stereocenters. The van der Waals surface area contributed by atoms with Gasteiger partial charge in [0.15, 0.2) is 0 Å². The molecule has 0 spiro atoms. The van der Waals surface area contributed by atoms with E-state index in [1.54, 1.807) is 6.26 Å². The van der Waals surface area contributed by atoms with Gasteiger partial charge in [0.2, 0.25) is 0 Å². The van der Waals surface area contributed by atoms with E-state index in [2.05, 4.69) is 19.9 Å². The Hall–Kier alpha value is -2.01. The summed E-state index contributed by atoms with van der Waals surface area (Å²) in [7, 11) is 0. The van der Waals surface area contributed by atoms with Gasteiger partial charge < -0.3 is 4.74 Å². The minimum absolute atomic E-state index is 0.603. The van der Waals surface area contributed by atoms with Crippen molar-refractivity contribution in [3.63, 3.8) is 0 Å². The highest BCUT2D eigenvalue weighted by Crippen LogP contribution is 2.26. The lowest BCUT2D eigenvalue weighted by Gasteiger charge is -2.16. The molecular formula is C16H17NO. The van der Waals surface area contributed by atoms with E-state index in [1.807, 2.05) is 24.3 Å². The van der Waals surface area contributed by atoms with Gasteiger partial charge >= 0.3 is 0 Å². The summed E-state index contributed by atoms with van der Waals surface area (Å²) in [6.45, 7) is 4.37. The molecule has 0 bridgehead atoms. The predicted molar refractivity (Wildman–Crippen MR) is 72.1 cm³/mol. The van der Waals surface area contributed by atoms with Gasteiger partial charge in [0.1, 0.15) is 5.75 Å². The molecule has 1 aromatic rings. The van der Waals surface area contributed by atoms with Crippen LogP contribution in [0.3, 0.4) is 0 Å². The van der Waals surface area contributed by atoms with E-state index in [1.165, 1.54) is 28.7 Å². The Bertz CT molecular complexity index is 529. The van der Waals surface area contributed by atoms with Gasteiger partial charge in [0.25, 0.3) is 6.26 Å². The Kier molecular flexibility index (Phi) is 3.84. The molecular weight excluding hydrogens is 222 g/mol. The van der Waals surface area contributed by atoms with Crippen molar-refractivity contribution in [2.45, 2.75) is 33.1 Å². The van der Waals surface area contributed by atoms with Gasteiger partial charge in [-0.3, -0.25) is 0 Å². The summed E-state index contributed by atoms with van der Waals surface area (Å²) in [6.07, 6.45) is 7.28. The predicted octanol–water partition coefficient (Wildman–Crippen LogP) is 4.15. The summed E-state index contributed by atoms with van der Waals surface area (Å²) in [4.78, 5) is 0. The minimum Gasteiger partial charge on any atom is -0.388 e. The Morgan fingerprint density at radius 1 is 1.17 bits per heavy atom. The van der Waals surface area contributed by atoms with Crippen LogP contribution in [0.15, 0.2) is 47.1 Å². The van der Waals surface area contributed by atoms with E-state index in [0.29, 0.717) is 5.75 Å². The molecule has 2 heteroatoms. The average molecular weight is 239 g/mol. The first-order valence-electron chi connectivity index (χ1n) is 6.19. The van der Waals surface area contributed by atoms with Crippen LogP contribution in [0.25, 0.3) is 0 Å². The van der Waals surface area contributed by atoms with Gasteiger partial charge in [-0.05, 0) is 50.8 Å². The van der Waals surface area contributed by atoms with Crippen LogP contribution >= 0.6 is 0 Å². The van der Waals surface area contributed by atoms with Crippen molar-refractivity contribution < 1.29 is 4.74 Å². The van der Waals surface area contributed by atoms with Crippen molar-refractivity contribution in [2.24, 2.45) is 0 Å². The molecule has 1 aliphatic carbocycles. The van der Waals surface area contributed by atoms with Crippen LogP contribution in [0.4, 0.5) is 0 Å². The molecule has 0 heterocycles. The molecule has 0 atom stereocenters. The van der Waals surface area contributed by atoms with Gasteiger partial charge in [0.05, 0.1) is 0 Å². The number of nitrogens with zero attached hydrogens (tertiary/aromatic N) is 1. The molecule has 2 nitrogen and oxygen atoms in total. The lowest BCUT2D eigenvalue weighted by atomic mass is 9.90. The van der Waals surface area contributed by atoms with Crippen LogP contribution < -0.4 is 4.74 Å². The van der Waals surface area contributed by atoms with Crippen LogP contribution in [0, 0.1) is 11.5 Å². The number of allylic oxidation sites excluding steroid dienone is 4. The number of rotatable bonds is 3. The Morgan fingerprint density at radius 3 is 2.50 bits per heavy atom. The normalized spacial score (nSPS) is 15.1. The first-order chi connectivity index (χ1) is 8.69. The SMILES string of the molecule is CC1=CC(C)=C(Cc2ccc(OC#N)cc2)CC1. The third-order valence-electron chi connectivity index (χ3n) is 3.35. The van der Waals surface area contributed by atoms with E-state index >= 15 is 0 Å². The molecule has 0 aliphatic heterocycles. The average Bonchev–Trinajstić information content (AvgIpc) is 2.35. The van der Waals surface area contributed by atoms with E-state index in [4.69, 9.17) is 10.00 Å². The molecule has 0 saturated carbocycles. The van der Waals surface area contributed by atoms with Gasteiger partial charge in [-0.15, -0.1) is 5.26 Å². The van der Waals surface area contributed by atoms with E-state index in [0.717, 1.165) is 12.8 Å². The maximum absolute atomic E-state index is 8.42. The number of nitriles is 1. The van der Waals surface area contributed by atoms with Crippen molar-refractivity contribution >= 4 is 0 Å². The summed E-state index contributed by atoms with van der Waals surface area (Å²) in [6, 6.07) is 7.74. The summed E-state index contributed by atoms with van der Waals surface area (Å²) in [5.74, 6) is 0.603. The van der Waals surface area contributed by atoms with Crippen LogP contribution in [-0.2, 0) is 6.42 Å². The largest absolute Gasteiger partial charge is 0.388 e. The fourth-order valence-electron chi connectivity index (χ4n) is 2.29. The maximum atomic E-state index is 8.42. The highest BCUT2D eigenvalue weighted by atomic mass is 16.5. The molecule has 18 heavy (non-hydrogen) atoms. The zero-order valence-electron chi connectivity index (χ0n) is 10.9. The maximum Gasteiger partial charge on any atom is 0.292 e. The van der Waals surface area contributed by atoms with Gasteiger partial charge in [-0.2, -0.15) is 0 Å². The third kappa shape index (κ3) is 3.01. The van der Waals surface area contributed by atoms with Crippen molar-refractivity contribution in [3.8, 4) is 12.0 Å². The minimum atomic E-state index is 0.603. The van der Waals surface area contributed by atoms with E-state index in [-0.39, 0.29) is 0 Å². The molecule has 0 saturated heterocycles. The van der Waals surface area contributed by atoms with Crippen molar-refractivity contribution in [1.82, 2.24) is 0 Å². The Morgan fingerprint density at radius 2 is 1.89 bits per heavy atom. The van der Waals surface area contributed by atoms with E-state index in [9.17, 15) is 0 Å². The topological polar surface area (TPSA) is 33.0 Å². The molecule has 1 aromatic carbocycles. The Labute approximate surface area is 108 Å². The van der Waals surface area contributed by atoms with Gasteiger partial charge in [0, 0.05) is 0 Å². The van der Waals surface area contributed by atoms with Crippen LogP contribution in [0.5, 0.6) is 5.75 Å². The molecule has 1 aliphatic rings. The summed E-state index contributed by atoms with van der Waals surface area (Å²) >= 11 is 0. The summed E-state index contributed by atoms with van der Waals surface area (Å²) < 4.78 is 4.77. The molecule has 0 N–H and O–H groups in total. The van der Waals surface area contributed by atoms with E-state index < -0.39 is 0 Å². The van der Waals surface area contributed by atoms with Crippen molar-refractivity contribution in [3.05, 3.63) is 52.6 Å². The molecule has 0 aromatic heterocycles. The summed E-state index contributed by atoms with van der Waals surface area (Å²) in [5, 5.41) is 8.42. The highest BCUT2D eigenvalue weighted by molar-refractivity contribution is 5.36. The molecule has 0 fully saturated rings. The highest BCUT2D eigenvalue weighted by Gasteiger charge is 2.09. The molecule has 92 valence electrons. The molecule has 0 amide bonds. The number of hydrogen-bond donors (Lipinski definition) is 0. The second-order valence-electron chi connectivity index (χ2n) is 4.79. The first kappa shape index (κ1) is 12.4. The monoisotopic (exact) mass is 239 g/mol. The quantitative estimate of drug-likeness (QED) is 0.742. The lowest BCUT2D eigenvalue weighted by Crippen LogP contribution is -1.99. The second-order valence-corrected chi connectivity index (χ2v) is 4.79. The Balaban J connectivity index is 2.10. The zero-order valence-corrected chi connectivity index (χ0v) is 10.9. The van der Waals surface area contributed by atoms with Crippen LogP contribution in [0.2, 0.25) is 0 Å². The van der Waals surface area contributed by atoms with Gasteiger partial charge in [-0.1, -0.05) is 34.9 Å². The molecule has 2 rings (SSSR count). The van der Waals surface area contributed by atoms with Crippen molar-refractivity contribution in [2.75, 3.05) is 0 Å². The molecule has 0 radical (unpaired) electrons. The van der Waals surface area contributed by atoms with Crippen LogP contribution in [0.1, 0.15) is 32.3 Å². The standard InChI is InChI=1S/C16H17NO/c1-12-3-6-15(13(2)9-12)10-14-4-7-16(8-5-14)18-11-17/h4-5,7-9H,3,6,10H2,1-2H3. The second kappa shape index (κ2) is 5.55. The van der Waals surface area contributed by atoms with Gasteiger partial charge in [-0.25, -0.2) is 0 Å². The van der Waals surface area contributed by atoms with Crippen LogP contribution in [-0.4, -0.2) is 0 Å². The third-order valence-corrected chi connectivity index (χ3v) is 3.35. The number of hydrogen-bond acceptors (Lipinski definition) is 2. The fraction of sp³-hybridized carbons (Fsp3) is 0.312. The fourth-order valence-corrected chi connectivity index (χ4v) is 2.29. The first-order valence-corrected chi connectivity index (χ1v) is 6.19.